The molecule has 0 saturated heterocycles. The Hall–Kier alpha value is -0.350. The summed E-state index contributed by atoms with van der Waals surface area (Å²) < 4.78 is 4.78. The van der Waals surface area contributed by atoms with E-state index in [4.69, 9.17) is 16.3 Å². The highest BCUT2D eigenvalue weighted by atomic mass is 35.5. The van der Waals surface area contributed by atoms with Gasteiger partial charge in [-0.05, 0) is 13.3 Å². The quantitative estimate of drug-likeness (QED) is 0.336. The lowest BCUT2D eigenvalue weighted by atomic mass is 10.4. The van der Waals surface area contributed by atoms with E-state index in [0.29, 0.717) is 12.5 Å². The molecule has 0 atom stereocenters. The van der Waals surface area contributed by atoms with Crippen LogP contribution in [0.5, 0.6) is 0 Å². The summed E-state index contributed by atoms with van der Waals surface area (Å²) in [6.45, 7) is 2.57. The molecule has 0 rings (SSSR count). The Bertz CT molecular complexity index is 101. The van der Waals surface area contributed by atoms with Crippen molar-refractivity contribution in [3.8, 4) is 12.0 Å². The summed E-state index contributed by atoms with van der Waals surface area (Å²) in [7, 11) is 0. The molecule has 0 unspecified atom stereocenters. The zero-order valence-electron chi connectivity index (χ0n) is 5.61. The smallest absolute Gasteiger partial charge is 0.110 e. The monoisotopic (exact) mass is 146 g/mol. The van der Waals surface area contributed by atoms with Crippen molar-refractivity contribution in [2.45, 2.75) is 19.8 Å². The normalized spacial score (nSPS) is 7.78. The summed E-state index contributed by atoms with van der Waals surface area (Å²) in [5, 5.41) is 0. The SMILES string of the molecule is CCOC#CCCCCl. The van der Waals surface area contributed by atoms with E-state index in [1.54, 1.807) is 0 Å². The molecule has 0 aliphatic rings. The molecule has 0 amide bonds. The van der Waals surface area contributed by atoms with Crippen LogP contribution >= 0.6 is 11.6 Å². The van der Waals surface area contributed by atoms with Crippen molar-refractivity contribution in [1.82, 2.24) is 0 Å². The predicted octanol–water partition coefficient (Wildman–Crippen LogP) is 2.00. The topological polar surface area (TPSA) is 9.23 Å². The van der Waals surface area contributed by atoms with Crippen LogP contribution in [0.25, 0.3) is 0 Å². The summed E-state index contributed by atoms with van der Waals surface area (Å²) in [5.74, 6) is 3.51. The van der Waals surface area contributed by atoms with Gasteiger partial charge in [0, 0.05) is 12.3 Å². The van der Waals surface area contributed by atoms with Crippen LogP contribution in [0.2, 0.25) is 0 Å². The van der Waals surface area contributed by atoms with Crippen molar-refractivity contribution >= 4 is 11.6 Å². The Balaban J connectivity index is 2.96. The minimum absolute atomic E-state index is 0.661. The minimum atomic E-state index is 0.661. The molecule has 1 nitrogen and oxygen atoms in total. The van der Waals surface area contributed by atoms with Crippen LogP contribution in [0.3, 0.4) is 0 Å². The lowest BCUT2D eigenvalue weighted by molar-refractivity contribution is 0.298. The van der Waals surface area contributed by atoms with Gasteiger partial charge in [-0.1, -0.05) is 5.92 Å². The molecule has 0 bridgehead atoms. The van der Waals surface area contributed by atoms with Gasteiger partial charge in [0.1, 0.15) is 6.11 Å². The maximum absolute atomic E-state index is 5.41. The number of rotatable bonds is 3. The van der Waals surface area contributed by atoms with E-state index in [2.05, 4.69) is 12.0 Å². The average Bonchev–Trinajstić information content (AvgIpc) is 1.89. The van der Waals surface area contributed by atoms with Crippen LogP contribution < -0.4 is 0 Å². The van der Waals surface area contributed by atoms with Crippen molar-refractivity contribution < 1.29 is 4.74 Å². The molecule has 0 aromatic rings. The summed E-state index contributed by atoms with van der Waals surface area (Å²) in [6, 6.07) is 0. The lowest BCUT2D eigenvalue weighted by Gasteiger charge is -1.85. The Labute approximate surface area is 61.3 Å². The third-order valence-corrected chi connectivity index (χ3v) is 0.991. The van der Waals surface area contributed by atoms with E-state index in [1.165, 1.54) is 0 Å². The van der Waals surface area contributed by atoms with Gasteiger partial charge in [0.2, 0.25) is 0 Å². The highest BCUT2D eigenvalue weighted by molar-refractivity contribution is 6.17. The maximum Gasteiger partial charge on any atom is 0.110 e. The van der Waals surface area contributed by atoms with Crippen molar-refractivity contribution in [2.24, 2.45) is 0 Å². The van der Waals surface area contributed by atoms with E-state index < -0.39 is 0 Å². The Morgan fingerprint density at radius 1 is 1.56 bits per heavy atom. The molecule has 0 aromatic carbocycles. The lowest BCUT2D eigenvalue weighted by Crippen LogP contribution is -1.77. The van der Waals surface area contributed by atoms with E-state index in [0.717, 1.165) is 12.8 Å². The third kappa shape index (κ3) is 7.65. The average molecular weight is 147 g/mol. The highest BCUT2D eigenvalue weighted by Gasteiger charge is 1.76. The van der Waals surface area contributed by atoms with Crippen LogP contribution in [-0.4, -0.2) is 12.5 Å². The van der Waals surface area contributed by atoms with Gasteiger partial charge in [-0.15, -0.1) is 11.6 Å². The second kappa shape index (κ2) is 7.65. The third-order valence-electron chi connectivity index (χ3n) is 0.724. The molecule has 0 fully saturated rings. The first-order valence-electron chi connectivity index (χ1n) is 3.07. The number of unbranched alkanes of at least 4 members (excludes halogenated alkanes) is 1. The van der Waals surface area contributed by atoms with Gasteiger partial charge < -0.3 is 4.74 Å². The van der Waals surface area contributed by atoms with E-state index in [1.807, 2.05) is 6.92 Å². The second-order valence-electron chi connectivity index (χ2n) is 1.50. The molecule has 0 saturated carbocycles. The standard InChI is InChI=1S/C7H11ClO/c1-2-9-7-5-3-4-6-8/h2-4,6H2,1H3. The molecule has 0 N–H and O–H groups in total. The fraction of sp³-hybridized carbons (Fsp3) is 0.714. The van der Waals surface area contributed by atoms with E-state index in [-0.39, 0.29) is 0 Å². The molecule has 0 heterocycles. The van der Waals surface area contributed by atoms with Crippen LogP contribution in [0.15, 0.2) is 0 Å². The van der Waals surface area contributed by atoms with Crippen LogP contribution in [0.4, 0.5) is 0 Å². The van der Waals surface area contributed by atoms with Gasteiger partial charge in [0.15, 0.2) is 0 Å². The van der Waals surface area contributed by atoms with Gasteiger partial charge in [-0.2, -0.15) is 0 Å². The van der Waals surface area contributed by atoms with Crippen molar-refractivity contribution in [3.63, 3.8) is 0 Å². The molecular formula is C7H11ClO. The van der Waals surface area contributed by atoms with Crippen molar-refractivity contribution in [3.05, 3.63) is 0 Å². The van der Waals surface area contributed by atoms with Crippen molar-refractivity contribution in [2.75, 3.05) is 12.5 Å². The van der Waals surface area contributed by atoms with Gasteiger partial charge in [0.25, 0.3) is 0 Å². The van der Waals surface area contributed by atoms with Crippen molar-refractivity contribution in [1.29, 1.82) is 0 Å². The highest BCUT2D eigenvalue weighted by Crippen LogP contribution is 1.88. The molecule has 9 heavy (non-hydrogen) atoms. The zero-order valence-corrected chi connectivity index (χ0v) is 6.37. The number of halogens is 1. The molecule has 0 radical (unpaired) electrons. The van der Waals surface area contributed by atoms with Crippen LogP contribution in [-0.2, 0) is 4.74 Å². The number of hydrogen-bond acceptors (Lipinski definition) is 1. The Morgan fingerprint density at radius 2 is 2.33 bits per heavy atom. The fourth-order valence-corrected chi connectivity index (χ4v) is 0.463. The first kappa shape index (κ1) is 8.65. The summed E-state index contributed by atoms with van der Waals surface area (Å²) in [5.41, 5.74) is 0. The molecule has 0 spiro atoms. The Morgan fingerprint density at radius 3 is 2.89 bits per heavy atom. The molecule has 0 aromatic heterocycles. The van der Waals surface area contributed by atoms with E-state index in [9.17, 15) is 0 Å². The first-order valence-corrected chi connectivity index (χ1v) is 3.61. The van der Waals surface area contributed by atoms with Crippen LogP contribution in [0.1, 0.15) is 19.8 Å². The zero-order chi connectivity index (χ0) is 6.95. The number of alkyl halides is 1. The first-order chi connectivity index (χ1) is 4.41. The summed E-state index contributed by atoms with van der Waals surface area (Å²) >= 11 is 5.41. The van der Waals surface area contributed by atoms with Gasteiger partial charge in [-0.25, -0.2) is 0 Å². The molecule has 2 heteroatoms. The van der Waals surface area contributed by atoms with Gasteiger partial charge >= 0.3 is 0 Å². The summed E-state index contributed by atoms with van der Waals surface area (Å²) in [4.78, 5) is 0. The summed E-state index contributed by atoms with van der Waals surface area (Å²) in [6.07, 6.45) is 4.34. The molecule has 0 aliphatic carbocycles. The molecule has 52 valence electrons. The van der Waals surface area contributed by atoms with E-state index >= 15 is 0 Å². The molecule has 0 aliphatic heterocycles. The molecular weight excluding hydrogens is 136 g/mol. The number of ether oxygens (including phenoxy) is 1. The van der Waals surface area contributed by atoms with Gasteiger partial charge in [-0.3, -0.25) is 0 Å². The van der Waals surface area contributed by atoms with Crippen LogP contribution in [0, 0.1) is 12.0 Å². The predicted molar refractivity (Wildman–Crippen MR) is 39.4 cm³/mol. The maximum atomic E-state index is 5.41. The largest absolute Gasteiger partial charge is 0.447 e. The van der Waals surface area contributed by atoms with Gasteiger partial charge in [0.05, 0.1) is 6.61 Å². The Kier molecular flexibility index (Phi) is 7.35. The second-order valence-corrected chi connectivity index (χ2v) is 1.88. The minimum Gasteiger partial charge on any atom is -0.447 e. The fourth-order valence-electron chi connectivity index (χ4n) is 0.329. The number of hydrogen-bond donors (Lipinski definition) is 0.